The van der Waals surface area contributed by atoms with E-state index in [2.05, 4.69) is 4.98 Å². The summed E-state index contributed by atoms with van der Waals surface area (Å²) in [5.41, 5.74) is 1.85. The minimum Gasteiger partial charge on any atom is -0.375 e. The molecule has 3 heteroatoms. The van der Waals surface area contributed by atoms with Crippen molar-refractivity contribution in [2.75, 3.05) is 6.61 Å². The Bertz CT molecular complexity index is 465. The number of pyridine rings is 1. The molecular formula is C15H19NO2. The van der Waals surface area contributed by atoms with Crippen molar-refractivity contribution in [1.82, 2.24) is 4.98 Å². The van der Waals surface area contributed by atoms with Crippen LogP contribution in [0.3, 0.4) is 0 Å². The van der Waals surface area contributed by atoms with Crippen LogP contribution in [0.2, 0.25) is 0 Å². The molecule has 1 aliphatic heterocycles. The Labute approximate surface area is 108 Å². The van der Waals surface area contributed by atoms with Gasteiger partial charge in [-0.05, 0) is 50.7 Å². The number of ketones is 1. The molecular weight excluding hydrogens is 226 g/mol. The van der Waals surface area contributed by atoms with Crippen molar-refractivity contribution in [3.63, 3.8) is 0 Å². The molecule has 1 aliphatic carbocycles. The second-order valence-electron chi connectivity index (χ2n) is 5.69. The highest BCUT2D eigenvalue weighted by Gasteiger charge is 2.44. The third-order valence-corrected chi connectivity index (χ3v) is 4.29. The zero-order chi connectivity index (χ0) is 12.6. The third-order valence-electron chi connectivity index (χ3n) is 4.29. The van der Waals surface area contributed by atoms with Gasteiger partial charge in [0.05, 0.1) is 5.60 Å². The van der Waals surface area contributed by atoms with E-state index in [0.717, 1.165) is 43.4 Å². The standard InChI is InChI=1S/C15H19NO2/c1-11-7-13(10-16-9-11)14(17)12-3-6-18-15(8-12)4-2-5-15/h7,9-10,12H,2-6,8H2,1H3. The number of carbonyl (C=O) groups excluding carboxylic acids is 1. The summed E-state index contributed by atoms with van der Waals surface area (Å²) in [6.45, 7) is 2.71. The topological polar surface area (TPSA) is 39.2 Å². The van der Waals surface area contributed by atoms with Gasteiger partial charge in [-0.1, -0.05) is 0 Å². The van der Waals surface area contributed by atoms with E-state index in [4.69, 9.17) is 4.74 Å². The van der Waals surface area contributed by atoms with Gasteiger partial charge < -0.3 is 4.74 Å². The predicted octanol–water partition coefficient (Wildman–Crippen LogP) is 2.92. The highest BCUT2D eigenvalue weighted by atomic mass is 16.5. The summed E-state index contributed by atoms with van der Waals surface area (Å²) >= 11 is 0. The number of Topliss-reactive ketones (excluding diaryl/α,β-unsaturated/α-hetero) is 1. The van der Waals surface area contributed by atoms with Crippen molar-refractivity contribution >= 4 is 5.78 Å². The minimum absolute atomic E-state index is 0.0375. The Morgan fingerprint density at radius 3 is 2.94 bits per heavy atom. The number of carbonyl (C=O) groups is 1. The van der Waals surface area contributed by atoms with E-state index in [1.165, 1.54) is 6.42 Å². The molecule has 1 aromatic heterocycles. The van der Waals surface area contributed by atoms with Crippen molar-refractivity contribution in [3.05, 3.63) is 29.6 Å². The van der Waals surface area contributed by atoms with Gasteiger partial charge in [0.15, 0.2) is 5.78 Å². The lowest BCUT2D eigenvalue weighted by molar-refractivity contribution is -0.137. The normalized spacial score (nSPS) is 25.7. The van der Waals surface area contributed by atoms with Crippen molar-refractivity contribution in [3.8, 4) is 0 Å². The first-order chi connectivity index (χ1) is 8.69. The average Bonchev–Trinajstić information content (AvgIpc) is 2.36. The summed E-state index contributed by atoms with van der Waals surface area (Å²) in [5, 5.41) is 0. The van der Waals surface area contributed by atoms with Crippen LogP contribution in [0.25, 0.3) is 0 Å². The van der Waals surface area contributed by atoms with Crippen molar-refractivity contribution < 1.29 is 9.53 Å². The smallest absolute Gasteiger partial charge is 0.167 e. The van der Waals surface area contributed by atoms with E-state index >= 15 is 0 Å². The van der Waals surface area contributed by atoms with Gasteiger partial charge in [-0.3, -0.25) is 9.78 Å². The van der Waals surface area contributed by atoms with E-state index in [9.17, 15) is 4.79 Å². The summed E-state index contributed by atoms with van der Waals surface area (Å²) in [6.07, 6.45) is 8.74. The van der Waals surface area contributed by atoms with Crippen LogP contribution in [-0.4, -0.2) is 23.0 Å². The van der Waals surface area contributed by atoms with Gasteiger partial charge in [0.25, 0.3) is 0 Å². The lowest BCUT2D eigenvalue weighted by Gasteiger charge is -2.46. The summed E-state index contributed by atoms with van der Waals surface area (Å²) in [7, 11) is 0. The van der Waals surface area contributed by atoms with E-state index < -0.39 is 0 Å². The molecule has 3 rings (SSSR count). The van der Waals surface area contributed by atoms with Crippen LogP contribution in [0.15, 0.2) is 18.5 Å². The lowest BCUT2D eigenvalue weighted by Crippen LogP contribution is -2.47. The van der Waals surface area contributed by atoms with E-state index in [1.54, 1.807) is 12.4 Å². The largest absolute Gasteiger partial charge is 0.375 e. The Morgan fingerprint density at radius 2 is 2.28 bits per heavy atom. The molecule has 2 fully saturated rings. The summed E-state index contributed by atoms with van der Waals surface area (Å²) in [6, 6.07) is 1.94. The van der Waals surface area contributed by atoms with E-state index in [1.807, 2.05) is 13.0 Å². The Balaban J connectivity index is 1.76. The average molecular weight is 245 g/mol. The van der Waals surface area contributed by atoms with Crippen LogP contribution < -0.4 is 0 Å². The summed E-state index contributed by atoms with van der Waals surface area (Å²) < 4.78 is 5.87. The second kappa shape index (κ2) is 4.47. The van der Waals surface area contributed by atoms with Crippen molar-refractivity contribution in [2.45, 2.75) is 44.6 Å². The number of rotatable bonds is 2. The first-order valence-electron chi connectivity index (χ1n) is 6.78. The van der Waals surface area contributed by atoms with Crippen LogP contribution in [0.4, 0.5) is 0 Å². The third kappa shape index (κ3) is 2.07. The fourth-order valence-corrected chi connectivity index (χ4v) is 3.10. The summed E-state index contributed by atoms with van der Waals surface area (Å²) in [5.74, 6) is 0.378. The SMILES string of the molecule is Cc1cncc(C(=O)C2CCOC3(CCC3)C2)c1. The maximum atomic E-state index is 12.5. The zero-order valence-electron chi connectivity index (χ0n) is 10.8. The monoisotopic (exact) mass is 245 g/mol. The molecule has 0 N–H and O–H groups in total. The molecule has 1 unspecified atom stereocenters. The Kier molecular flexibility index (Phi) is 2.94. The molecule has 1 saturated heterocycles. The van der Waals surface area contributed by atoms with Crippen LogP contribution in [-0.2, 0) is 4.74 Å². The Morgan fingerprint density at radius 1 is 1.44 bits per heavy atom. The molecule has 0 radical (unpaired) electrons. The van der Waals surface area contributed by atoms with Crippen LogP contribution in [0, 0.1) is 12.8 Å². The first kappa shape index (κ1) is 11.8. The van der Waals surface area contributed by atoms with Crippen LogP contribution >= 0.6 is 0 Å². The van der Waals surface area contributed by atoms with E-state index in [0.29, 0.717) is 0 Å². The van der Waals surface area contributed by atoms with Gasteiger partial charge in [-0.2, -0.15) is 0 Å². The Hall–Kier alpha value is -1.22. The molecule has 2 aliphatic rings. The molecule has 1 spiro atoms. The van der Waals surface area contributed by atoms with Gasteiger partial charge in [0.2, 0.25) is 0 Å². The number of aromatic nitrogens is 1. The molecule has 1 aromatic rings. The highest BCUT2D eigenvalue weighted by Crippen LogP contribution is 2.44. The van der Waals surface area contributed by atoms with Gasteiger partial charge in [0.1, 0.15) is 0 Å². The minimum atomic E-state index is 0.0375. The molecule has 0 aromatic carbocycles. The van der Waals surface area contributed by atoms with E-state index in [-0.39, 0.29) is 17.3 Å². The number of nitrogens with zero attached hydrogens (tertiary/aromatic N) is 1. The van der Waals surface area contributed by atoms with Crippen molar-refractivity contribution in [2.24, 2.45) is 5.92 Å². The number of hydrogen-bond donors (Lipinski definition) is 0. The molecule has 3 nitrogen and oxygen atoms in total. The molecule has 1 atom stereocenters. The predicted molar refractivity (Wildman–Crippen MR) is 68.6 cm³/mol. The van der Waals surface area contributed by atoms with Gasteiger partial charge in [0, 0.05) is 30.5 Å². The number of hydrogen-bond acceptors (Lipinski definition) is 3. The molecule has 1 saturated carbocycles. The second-order valence-corrected chi connectivity index (χ2v) is 5.69. The van der Waals surface area contributed by atoms with Gasteiger partial charge >= 0.3 is 0 Å². The first-order valence-corrected chi connectivity index (χ1v) is 6.78. The lowest BCUT2D eigenvalue weighted by atomic mass is 9.70. The number of ether oxygens (including phenoxy) is 1. The maximum absolute atomic E-state index is 12.5. The molecule has 96 valence electrons. The fraction of sp³-hybridized carbons (Fsp3) is 0.600. The zero-order valence-corrected chi connectivity index (χ0v) is 10.8. The van der Waals surface area contributed by atoms with Gasteiger partial charge in [-0.15, -0.1) is 0 Å². The van der Waals surface area contributed by atoms with Crippen LogP contribution in [0.5, 0.6) is 0 Å². The molecule has 0 bridgehead atoms. The van der Waals surface area contributed by atoms with Crippen LogP contribution in [0.1, 0.15) is 48.0 Å². The summed E-state index contributed by atoms with van der Waals surface area (Å²) in [4.78, 5) is 16.6. The molecule has 2 heterocycles. The number of aryl methyl sites for hydroxylation is 1. The quantitative estimate of drug-likeness (QED) is 0.752. The molecule has 0 amide bonds. The molecule has 18 heavy (non-hydrogen) atoms. The fourth-order valence-electron chi connectivity index (χ4n) is 3.10. The highest BCUT2D eigenvalue weighted by molar-refractivity contribution is 5.97. The maximum Gasteiger partial charge on any atom is 0.167 e. The van der Waals surface area contributed by atoms with Gasteiger partial charge in [-0.25, -0.2) is 0 Å². The van der Waals surface area contributed by atoms with Crippen molar-refractivity contribution in [1.29, 1.82) is 0 Å².